The van der Waals surface area contributed by atoms with Crippen molar-refractivity contribution in [3.63, 3.8) is 0 Å². The number of hydrogen-bond acceptors (Lipinski definition) is 5. The highest BCUT2D eigenvalue weighted by atomic mass is 32.1. The average molecular weight is 302 g/mol. The molecule has 0 saturated carbocycles. The Morgan fingerprint density at radius 1 is 1.30 bits per heavy atom. The summed E-state index contributed by atoms with van der Waals surface area (Å²) in [7, 11) is 0. The predicted molar refractivity (Wildman–Crippen MR) is 73.4 cm³/mol. The average Bonchev–Trinajstić information content (AvgIpc) is 2.91. The minimum absolute atomic E-state index is 0.0418. The van der Waals surface area contributed by atoms with Crippen LogP contribution in [-0.2, 0) is 6.18 Å². The fraction of sp³-hybridized carbons (Fsp3) is 0.250. The Kier molecular flexibility index (Phi) is 4.15. The first kappa shape index (κ1) is 14.6. The summed E-state index contributed by atoms with van der Waals surface area (Å²) in [5.41, 5.74) is 2.32. The van der Waals surface area contributed by atoms with Gasteiger partial charge in [-0.1, -0.05) is 0 Å². The van der Waals surface area contributed by atoms with Crippen molar-refractivity contribution < 1.29 is 13.2 Å². The van der Waals surface area contributed by atoms with E-state index < -0.39 is 11.7 Å². The summed E-state index contributed by atoms with van der Waals surface area (Å²) in [4.78, 5) is 3.97. The number of nitrogens with one attached hydrogen (secondary N) is 2. The molecule has 0 radical (unpaired) electrons. The van der Waals surface area contributed by atoms with E-state index in [1.807, 2.05) is 23.8 Å². The lowest BCUT2D eigenvalue weighted by atomic mass is 10.2. The van der Waals surface area contributed by atoms with Gasteiger partial charge < -0.3 is 10.7 Å². The Hall–Kier alpha value is -1.80. The number of hydrazine groups is 1. The van der Waals surface area contributed by atoms with Crippen LogP contribution in [0.5, 0.6) is 0 Å². The number of rotatable bonds is 4. The van der Waals surface area contributed by atoms with Gasteiger partial charge in [-0.3, -0.25) is 0 Å². The molecule has 0 saturated heterocycles. The maximum atomic E-state index is 12.8. The van der Waals surface area contributed by atoms with Crippen molar-refractivity contribution in [1.29, 1.82) is 0 Å². The molecular weight excluding hydrogens is 289 g/mol. The van der Waals surface area contributed by atoms with E-state index >= 15 is 0 Å². The van der Waals surface area contributed by atoms with Gasteiger partial charge in [-0.15, -0.1) is 0 Å². The van der Waals surface area contributed by atoms with Gasteiger partial charge in [0.15, 0.2) is 0 Å². The van der Waals surface area contributed by atoms with Gasteiger partial charge in [-0.05, 0) is 41.4 Å². The van der Waals surface area contributed by atoms with Gasteiger partial charge in [-0.25, -0.2) is 10.8 Å². The number of anilines is 2. The number of nitrogens with zero attached hydrogens (tertiary/aromatic N) is 1. The molecule has 0 aliphatic rings. The number of aromatic nitrogens is 1. The van der Waals surface area contributed by atoms with E-state index in [0.29, 0.717) is 0 Å². The van der Waals surface area contributed by atoms with E-state index in [-0.39, 0.29) is 17.7 Å². The standard InChI is InChI=1S/C12H13F3N4S/c1-7(8-2-3-20-6-8)17-10-4-9(12(13,14)15)5-11(18-10)19-16/h2-7H,16H2,1H3,(H2,17,18,19). The lowest BCUT2D eigenvalue weighted by Gasteiger charge is -2.16. The summed E-state index contributed by atoms with van der Waals surface area (Å²) >= 11 is 1.52. The minimum atomic E-state index is -4.45. The third-order valence-corrected chi connectivity index (χ3v) is 3.41. The third kappa shape index (κ3) is 3.40. The number of nitrogen functional groups attached to an aromatic ring is 1. The molecule has 8 heteroatoms. The molecule has 0 aliphatic carbocycles. The monoisotopic (exact) mass is 302 g/mol. The van der Waals surface area contributed by atoms with Crippen molar-refractivity contribution in [1.82, 2.24) is 4.98 Å². The van der Waals surface area contributed by atoms with E-state index in [9.17, 15) is 13.2 Å². The maximum Gasteiger partial charge on any atom is 0.416 e. The fourth-order valence-corrected chi connectivity index (χ4v) is 2.42. The Balaban J connectivity index is 2.27. The summed E-state index contributed by atoms with van der Waals surface area (Å²) in [5.74, 6) is 5.23. The van der Waals surface area contributed by atoms with Gasteiger partial charge in [0.2, 0.25) is 0 Å². The zero-order valence-electron chi connectivity index (χ0n) is 10.5. The topological polar surface area (TPSA) is 63.0 Å². The lowest BCUT2D eigenvalue weighted by Crippen LogP contribution is -2.15. The van der Waals surface area contributed by atoms with Crippen LogP contribution in [0, 0.1) is 0 Å². The molecule has 2 rings (SSSR count). The number of alkyl halides is 3. The van der Waals surface area contributed by atoms with Crippen molar-refractivity contribution in [2.24, 2.45) is 5.84 Å². The van der Waals surface area contributed by atoms with Gasteiger partial charge in [-0.2, -0.15) is 24.5 Å². The van der Waals surface area contributed by atoms with Crippen LogP contribution in [0.3, 0.4) is 0 Å². The second kappa shape index (κ2) is 5.68. The first-order chi connectivity index (χ1) is 9.40. The Morgan fingerprint density at radius 2 is 2.00 bits per heavy atom. The summed E-state index contributed by atoms with van der Waals surface area (Å²) < 4.78 is 38.3. The summed E-state index contributed by atoms with van der Waals surface area (Å²) in [6.07, 6.45) is -4.45. The molecule has 2 heterocycles. The highest BCUT2D eigenvalue weighted by Crippen LogP contribution is 2.32. The van der Waals surface area contributed by atoms with Crippen molar-refractivity contribution in [2.45, 2.75) is 19.1 Å². The molecule has 0 aromatic carbocycles. The van der Waals surface area contributed by atoms with Crippen LogP contribution in [0.1, 0.15) is 24.1 Å². The molecule has 0 aliphatic heterocycles. The smallest absolute Gasteiger partial charge is 0.363 e. The van der Waals surface area contributed by atoms with Crippen LogP contribution in [0.4, 0.5) is 24.8 Å². The van der Waals surface area contributed by atoms with E-state index in [4.69, 9.17) is 5.84 Å². The second-order valence-electron chi connectivity index (χ2n) is 4.19. The van der Waals surface area contributed by atoms with Crippen molar-refractivity contribution in [2.75, 3.05) is 10.7 Å². The van der Waals surface area contributed by atoms with Crippen molar-refractivity contribution in [3.05, 3.63) is 40.1 Å². The van der Waals surface area contributed by atoms with Crippen LogP contribution in [0.15, 0.2) is 29.0 Å². The van der Waals surface area contributed by atoms with E-state index in [0.717, 1.165) is 17.7 Å². The van der Waals surface area contributed by atoms with Gasteiger partial charge >= 0.3 is 6.18 Å². The normalized spacial score (nSPS) is 13.1. The maximum absolute atomic E-state index is 12.8. The molecule has 1 unspecified atom stereocenters. The Morgan fingerprint density at radius 3 is 2.55 bits per heavy atom. The largest absolute Gasteiger partial charge is 0.416 e. The molecule has 2 aromatic rings. The molecule has 0 bridgehead atoms. The van der Waals surface area contributed by atoms with Crippen molar-refractivity contribution >= 4 is 23.0 Å². The molecule has 20 heavy (non-hydrogen) atoms. The third-order valence-electron chi connectivity index (χ3n) is 2.71. The number of halogens is 3. The Bertz CT molecular complexity index is 569. The van der Waals surface area contributed by atoms with E-state index in [1.54, 1.807) is 0 Å². The minimum Gasteiger partial charge on any atom is -0.363 e. The van der Waals surface area contributed by atoms with Crippen LogP contribution in [0.2, 0.25) is 0 Å². The number of pyridine rings is 1. The van der Waals surface area contributed by atoms with Gasteiger partial charge in [0.05, 0.1) is 11.6 Å². The highest BCUT2D eigenvalue weighted by molar-refractivity contribution is 7.07. The number of nitrogens with two attached hydrogens (primary N) is 1. The quantitative estimate of drug-likeness (QED) is 0.596. The zero-order valence-corrected chi connectivity index (χ0v) is 11.3. The molecule has 4 N–H and O–H groups in total. The van der Waals surface area contributed by atoms with E-state index in [1.165, 1.54) is 11.3 Å². The molecule has 4 nitrogen and oxygen atoms in total. The van der Waals surface area contributed by atoms with Gasteiger partial charge in [0, 0.05) is 0 Å². The van der Waals surface area contributed by atoms with Gasteiger partial charge in [0.1, 0.15) is 11.6 Å². The van der Waals surface area contributed by atoms with Crippen molar-refractivity contribution in [3.8, 4) is 0 Å². The highest BCUT2D eigenvalue weighted by Gasteiger charge is 2.31. The van der Waals surface area contributed by atoms with Crippen LogP contribution >= 0.6 is 11.3 Å². The van der Waals surface area contributed by atoms with Crippen LogP contribution in [0.25, 0.3) is 0 Å². The summed E-state index contributed by atoms with van der Waals surface area (Å²) in [5, 5.41) is 6.76. The zero-order chi connectivity index (χ0) is 14.8. The van der Waals surface area contributed by atoms with E-state index in [2.05, 4.69) is 15.7 Å². The molecule has 0 fully saturated rings. The predicted octanol–water partition coefficient (Wildman–Crippen LogP) is 3.62. The molecule has 1 atom stereocenters. The second-order valence-corrected chi connectivity index (χ2v) is 4.97. The lowest BCUT2D eigenvalue weighted by molar-refractivity contribution is -0.137. The van der Waals surface area contributed by atoms with Crippen LogP contribution in [-0.4, -0.2) is 4.98 Å². The molecular formula is C12H13F3N4S. The number of thiophene rings is 1. The first-order valence-corrected chi connectivity index (χ1v) is 6.69. The Labute approximate surface area is 117 Å². The summed E-state index contributed by atoms with van der Waals surface area (Å²) in [6.45, 7) is 1.85. The molecule has 2 aromatic heterocycles. The SMILES string of the molecule is CC(Nc1cc(C(F)(F)F)cc(NN)n1)c1ccsc1. The fourth-order valence-electron chi connectivity index (χ4n) is 1.67. The molecule has 0 amide bonds. The van der Waals surface area contributed by atoms with Gasteiger partial charge in [0.25, 0.3) is 0 Å². The summed E-state index contributed by atoms with van der Waals surface area (Å²) in [6, 6.07) is 3.57. The first-order valence-electron chi connectivity index (χ1n) is 5.74. The molecule has 0 spiro atoms. The number of hydrogen-bond donors (Lipinski definition) is 3. The molecule has 108 valence electrons. The van der Waals surface area contributed by atoms with Crippen LogP contribution < -0.4 is 16.6 Å².